The highest BCUT2D eigenvalue weighted by Gasteiger charge is 2.23. The molecule has 3 aromatic carbocycles. The quantitative estimate of drug-likeness (QED) is 0.565. The fourth-order valence-electron chi connectivity index (χ4n) is 3.65. The second-order valence-corrected chi connectivity index (χ2v) is 6.76. The van der Waals surface area contributed by atoms with E-state index in [2.05, 4.69) is 70.9 Å². The lowest BCUT2D eigenvalue weighted by Gasteiger charge is -2.19. The molecule has 0 bridgehead atoms. The van der Waals surface area contributed by atoms with Gasteiger partial charge in [-0.05, 0) is 35.7 Å². The van der Waals surface area contributed by atoms with E-state index >= 15 is 0 Å². The molecule has 0 atom stereocenters. The Labute approximate surface area is 158 Å². The minimum absolute atomic E-state index is 0.734. The normalized spacial score (nSPS) is 13.0. The number of benzene rings is 3. The van der Waals surface area contributed by atoms with E-state index in [4.69, 9.17) is 9.97 Å². The van der Waals surface area contributed by atoms with Gasteiger partial charge in [0.1, 0.15) is 5.82 Å². The zero-order valence-corrected chi connectivity index (χ0v) is 15.0. The minimum atomic E-state index is 0.734. The van der Waals surface area contributed by atoms with E-state index < -0.39 is 0 Å². The van der Waals surface area contributed by atoms with E-state index in [0.29, 0.717) is 0 Å². The lowest BCUT2D eigenvalue weighted by molar-refractivity contribution is 0.946. The zero-order valence-electron chi connectivity index (χ0n) is 15.0. The molecule has 0 amide bonds. The highest BCUT2D eigenvalue weighted by atomic mass is 15.3. The molecule has 4 nitrogen and oxygen atoms in total. The van der Waals surface area contributed by atoms with Crippen molar-refractivity contribution in [1.82, 2.24) is 9.97 Å². The SMILES string of the molecule is c1ccc(CNc2nc(N3CCc4ccccc43)nc3ccccc23)cc1. The van der Waals surface area contributed by atoms with Crippen LogP contribution in [0.4, 0.5) is 17.5 Å². The van der Waals surface area contributed by atoms with Gasteiger partial charge in [-0.1, -0.05) is 60.7 Å². The van der Waals surface area contributed by atoms with E-state index in [9.17, 15) is 0 Å². The molecular formula is C23H20N4. The molecule has 1 aliphatic heterocycles. The predicted octanol–water partition coefficient (Wildman–Crippen LogP) is 4.94. The Balaban J connectivity index is 1.55. The van der Waals surface area contributed by atoms with Crippen molar-refractivity contribution in [2.75, 3.05) is 16.8 Å². The largest absolute Gasteiger partial charge is 0.365 e. The summed E-state index contributed by atoms with van der Waals surface area (Å²) >= 11 is 0. The molecule has 0 saturated heterocycles. The van der Waals surface area contributed by atoms with Crippen molar-refractivity contribution in [2.45, 2.75) is 13.0 Å². The minimum Gasteiger partial charge on any atom is -0.365 e. The van der Waals surface area contributed by atoms with Gasteiger partial charge in [-0.15, -0.1) is 0 Å². The highest BCUT2D eigenvalue weighted by molar-refractivity contribution is 5.90. The third-order valence-corrected chi connectivity index (χ3v) is 5.02. The van der Waals surface area contributed by atoms with E-state index in [-0.39, 0.29) is 0 Å². The van der Waals surface area contributed by atoms with Gasteiger partial charge >= 0.3 is 0 Å². The van der Waals surface area contributed by atoms with E-state index in [1.807, 2.05) is 18.2 Å². The Morgan fingerprint density at radius 3 is 2.52 bits per heavy atom. The Kier molecular flexibility index (Phi) is 3.94. The summed E-state index contributed by atoms with van der Waals surface area (Å²) in [6.07, 6.45) is 1.03. The topological polar surface area (TPSA) is 41.1 Å². The summed E-state index contributed by atoms with van der Waals surface area (Å²) in [4.78, 5) is 12.0. The van der Waals surface area contributed by atoms with Gasteiger partial charge in [-0.25, -0.2) is 4.98 Å². The Morgan fingerprint density at radius 1 is 0.815 bits per heavy atom. The summed E-state index contributed by atoms with van der Waals surface area (Å²) in [7, 11) is 0. The number of fused-ring (bicyclic) bond motifs is 2. The van der Waals surface area contributed by atoms with Crippen molar-refractivity contribution in [3.63, 3.8) is 0 Å². The maximum atomic E-state index is 4.90. The van der Waals surface area contributed by atoms with Crippen LogP contribution in [-0.4, -0.2) is 16.5 Å². The zero-order chi connectivity index (χ0) is 18.1. The first-order chi connectivity index (χ1) is 13.4. The predicted molar refractivity (Wildman–Crippen MR) is 110 cm³/mol. The lowest BCUT2D eigenvalue weighted by atomic mass is 10.2. The average Bonchev–Trinajstić information content (AvgIpc) is 3.17. The maximum absolute atomic E-state index is 4.90. The molecule has 132 valence electrons. The third-order valence-electron chi connectivity index (χ3n) is 5.02. The van der Waals surface area contributed by atoms with Crippen LogP contribution in [0, 0.1) is 0 Å². The van der Waals surface area contributed by atoms with Crippen molar-refractivity contribution < 1.29 is 0 Å². The lowest BCUT2D eigenvalue weighted by Crippen LogP contribution is -2.17. The molecule has 1 aliphatic rings. The summed E-state index contributed by atoms with van der Waals surface area (Å²) in [5.74, 6) is 1.64. The monoisotopic (exact) mass is 352 g/mol. The van der Waals surface area contributed by atoms with Gasteiger partial charge < -0.3 is 10.2 Å². The fourth-order valence-corrected chi connectivity index (χ4v) is 3.65. The number of nitrogens with one attached hydrogen (secondary N) is 1. The molecule has 0 fully saturated rings. The van der Waals surface area contributed by atoms with Gasteiger partial charge in [0.15, 0.2) is 0 Å². The summed E-state index contributed by atoms with van der Waals surface area (Å²) in [5, 5.41) is 4.56. The van der Waals surface area contributed by atoms with Crippen molar-refractivity contribution in [1.29, 1.82) is 0 Å². The summed E-state index contributed by atoms with van der Waals surface area (Å²) in [6.45, 7) is 1.65. The molecule has 0 radical (unpaired) electrons. The van der Waals surface area contributed by atoms with Crippen molar-refractivity contribution >= 4 is 28.4 Å². The van der Waals surface area contributed by atoms with Crippen LogP contribution in [0.1, 0.15) is 11.1 Å². The second kappa shape index (κ2) is 6.72. The number of nitrogens with zero attached hydrogens (tertiary/aromatic N) is 3. The van der Waals surface area contributed by atoms with Crippen molar-refractivity contribution in [2.24, 2.45) is 0 Å². The highest BCUT2D eigenvalue weighted by Crippen LogP contribution is 2.34. The fraction of sp³-hybridized carbons (Fsp3) is 0.130. The number of hydrogen-bond donors (Lipinski definition) is 1. The van der Waals surface area contributed by atoms with E-state index in [1.54, 1.807) is 0 Å². The molecule has 0 saturated carbocycles. The third kappa shape index (κ3) is 2.99. The van der Waals surface area contributed by atoms with Gasteiger partial charge in [-0.2, -0.15) is 4.98 Å². The first-order valence-corrected chi connectivity index (χ1v) is 9.28. The van der Waals surface area contributed by atoms with Crippen LogP contribution in [-0.2, 0) is 13.0 Å². The van der Waals surface area contributed by atoms with Crippen LogP contribution in [0.25, 0.3) is 10.9 Å². The van der Waals surface area contributed by atoms with Crippen molar-refractivity contribution in [3.05, 3.63) is 90.0 Å². The van der Waals surface area contributed by atoms with Crippen LogP contribution in [0.5, 0.6) is 0 Å². The van der Waals surface area contributed by atoms with Gasteiger partial charge in [0.25, 0.3) is 0 Å². The number of anilines is 3. The van der Waals surface area contributed by atoms with Crippen LogP contribution in [0.3, 0.4) is 0 Å². The molecule has 0 spiro atoms. The van der Waals surface area contributed by atoms with E-state index in [1.165, 1.54) is 16.8 Å². The smallest absolute Gasteiger partial charge is 0.232 e. The van der Waals surface area contributed by atoms with Crippen LogP contribution < -0.4 is 10.2 Å². The molecule has 4 aromatic rings. The summed E-state index contributed by atoms with van der Waals surface area (Å²) in [5.41, 5.74) is 4.76. The Morgan fingerprint density at radius 2 is 1.59 bits per heavy atom. The van der Waals surface area contributed by atoms with Gasteiger partial charge in [-0.3, -0.25) is 0 Å². The first kappa shape index (κ1) is 15.8. The number of rotatable bonds is 4. The molecule has 0 unspecified atom stereocenters. The van der Waals surface area contributed by atoms with Crippen LogP contribution >= 0.6 is 0 Å². The number of hydrogen-bond acceptors (Lipinski definition) is 4. The number of para-hydroxylation sites is 2. The molecule has 0 aliphatic carbocycles. The molecule has 2 heterocycles. The Hall–Kier alpha value is -3.40. The molecular weight excluding hydrogens is 332 g/mol. The Bertz CT molecular complexity index is 1090. The molecule has 27 heavy (non-hydrogen) atoms. The molecule has 4 heteroatoms. The second-order valence-electron chi connectivity index (χ2n) is 6.76. The van der Waals surface area contributed by atoms with Gasteiger partial charge in [0, 0.05) is 24.2 Å². The average molecular weight is 352 g/mol. The molecule has 1 N–H and O–H groups in total. The molecule has 5 rings (SSSR count). The standard InChI is InChI=1S/C23H20N4/c1-2-8-17(9-3-1)16-24-22-19-11-5-6-12-20(19)25-23(26-22)27-15-14-18-10-4-7-13-21(18)27/h1-13H,14-16H2,(H,24,25,26). The summed E-state index contributed by atoms with van der Waals surface area (Å²) < 4.78 is 0. The van der Waals surface area contributed by atoms with Crippen LogP contribution in [0.15, 0.2) is 78.9 Å². The molecule has 1 aromatic heterocycles. The van der Waals surface area contributed by atoms with Crippen LogP contribution in [0.2, 0.25) is 0 Å². The van der Waals surface area contributed by atoms with Gasteiger partial charge in [0.2, 0.25) is 5.95 Å². The maximum Gasteiger partial charge on any atom is 0.232 e. The number of aromatic nitrogens is 2. The van der Waals surface area contributed by atoms with E-state index in [0.717, 1.165) is 42.2 Å². The van der Waals surface area contributed by atoms with Gasteiger partial charge in [0.05, 0.1) is 5.52 Å². The van der Waals surface area contributed by atoms with Crippen molar-refractivity contribution in [3.8, 4) is 0 Å². The summed E-state index contributed by atoms with van der Waals surface area (Å²) in [6, 6.07) is 27.1. The first-order valence-electron chi connectivity index (χ1n) is 9.28.